The van der Waals surface area contributed by atoms with Gasteiger partial charge in [0.1, 0.15) is 0 Å². The smallest absolute Gasteiger partial charge is 0.000473 e. The van der Waals surface area contributed by atoms with Crippen LogP contribution in [0.4, 0.5) is 0 Å². The van der Waals surface area contributed by atoms with Crippen molar-refractivity contribution in [1.29, 1.82) is 0 Å². The second-order valence-corrected chi connectivity index (χ2v) is 5.08. The Balaban J connectivity index is 1.86. The molecule has 1 heterocycles. The van der Waals surface area contributed by atoms with E-state index in [0.717, 1.165) is 0 Å². The molecular formula is C11H22IN. The summed E-state index contributed by atoms with van der Waals surface area (Å²) in [6.45, 7) is 4.10. The summed E-state index contributed by atoms with van der Waals surface area (Å²) >= 11 is 2.47. The van der Waals surface area contributed by atoms with Crippen LogP contribution in [-0.4, -0.2) is 29.0 Å². The van der Waals surface area contributed by atoms with Crippen LogP contribution in [0.2, 0.25) is 0 Å². The zero-order valence-corrected chi connectivity index (χ0v) is 10.8. The lowest BCUT2D eigenvalue weighted by Gasteiger charge is -2.26. The first kappa shape index (κ1) is 11.8. The van der Waals surface area contributed by atoms with Crippen molar-refractivity contribution in [3.8, 4) is 0 Å². The van der Waals surface area contributed by atoms with E-state index >= 15 is 0 Å². The number of hydrogen-bond acceptors (Lipinski definition) is 1. The van der Waals surface area contributed by atoms with Gasteiger partial charge >= 0.3 is 0 Å². The first-order chi connectivity index (χ1) is 6.43. The summed E-state index contributed by atoms with van der Waals surface area (Å²) < 4.78 is 1.33. The molecule has 1 nitrogen and oxygen atoms in total. The third-order valence-electron chi connectivity index (χ3n) is 2.81. The van der Waals surface area contributed by atoms with E-state index < -0.39 is 0 Å². The lowest BCUT2D eigenvalue weighted by molar-refractivity contribution is 0.224. The fourth-order valence-corrected chi connectivity index (χ4v) is 2.51. The molecule has 13 heavy (non-hydrogen) atoms. The largest absolute Gasteiger partial charge is 0.303 e. The van der Waals surface area contributed by atoms with Gasteiger partial charge in [0.2, 0.25) is 0 Å². The molecule has 0 spiro atoms. The van der Waals surface area contributed by atoms with Crippen molar-refractivity contribution in [3.05, 3.63) is 0 Å². The molecule has 0 amide bonds. The molecule has 1 saturated heterocycles. The minimum atomic E-state index is 1.33. The molecule has 0 bridgehead atoms. The quantitative estimate of drug-likeness (QED) is 0.412. The van der Waals surface area contributed by atoms with E-state index in [4.69, 9.17) is 0 Å². The number of halogens is 1. The van der Waals surface area contributed by atoms with Crippen LogP contribution in [0.5, 0.6) is 0 Å². The van der Waals surface area contributed by atoms with Crippen molar-refractivity contribution in [2.24, 2.45) is 0 Å². The Hall–Kier alpha value is 0.690. The van der Waals surface area contributed by atoms with Crippen LogP contribution in [0.15, 0.2) is 0 Å². The van der Waals surface area contributed by atoms with Crippen LogP contribution in [0.1, 0.15) is 44.9 Å². The van der Waals surface area contributed by atoms with Crippen molar-refractivity contribution >= 4 is 22.6 Å². The maximum absolute atomic E-state index is 2.65. The van der Waals surface area contributed by atoms with Crippen LogP contribution in [0.3, 0.4) is 0 Å². The Kier molecular flexibility index (Phi) is 7.27. The Labute approximate surface area is 96.4 Å². The molecule has 0 aromatic heterocycles. The van der Waals surface area contributed by atoms with Gasteiger partial charge in [-0.05, 0) is 49.7 Å². The molecule has 78 valence electrons. The van der Waals surface area contributed by atoms with Gasteiger partial charge in [0.25, 0.3) is 0 Å². The Morgan fingerprint density at radius 3 is 2.23 bits per heavy atom. The maximum atomic E-state index is 2.65. The number of nitrogens with zero attached hydrogens (tertiary/aromatic N) is 1. The maximum Gasteiger partial charge on any atom is -0.000473 e. The van der Waals surface area contributed by atoms with E-state index in [1.54, 1.807) is 0 Å². The summed E-state index contributed by atoms with van der Waals surface area (Å²) in [4.78, 5) is 2.65. The average Bonchev–Trinajstić information content (AvgIpc) is 2.19. The van der Waals surface area contributed by atoms with Crippen molar-refractivity contribution in [1.82, 2.24) is 4.90 Å². The van der Waals surface area contributed by atoms with Crippen LogP contribution in [-0.2, 0) is 0 Å². The van der Waals surface area contributed by atoms with Gasteiger partial charge in [0.15, 0.2) is 0 Å². The molecule has 0 aromatic rings. The van der Waals surface area contributed by atoms with Crippen LogP contribution in [0, 0.1) is 0 Å². The number of piperidine rings is 1. The first-order valence-electron chi connectivity index (χ1n) is 5.72. The van der Waals surface area contributed by atoms with Gasteiger partial charge in [-0.3, -0.25) is 0 Å². The summed E-state index contributed by atoms with van der Waals surface area (Å²) in [5.74, 6) is 0. The predicted octanol–water partition coefficient (Wildman–Crippen LogP) is 3.47. The summed E-state index contributed by atoms with van der Waals surface area (Å²) in [7, 11) is 0. The number of hydrogen-bond donors (Lipinski definition) is 0. The molecule has 1 rings (SSSR count). The lowest BCUT2D eigenvalue weighted by Crippen LogP contribution is -2.30. The molecule has 0 saturated carbocycles. The Morgan fingerprint density at radius 1 is 0.846 bits per heavy atom. The van der Waals surface area contributed by atoms with Crippen molar-refractivity contribution in [3.63, 3.8) is 0 Å². The average molecular weight is 295 g/mol. The minimum absolute atomic E-state index is 1.33. The van der Waals surface area contributed by atoms with Crippen molar-refractivity contribution in [2.45, 2.75) is 44.9 Å². The van der Waals surface area contributed by atoms with Gasteiger partial charge in [-0.15, -0.1) is 0 Å². The van der Waals surface area contributed by atoms with E-state index in [9.17, 15) is 0 Å². The molecule has 1 aliphatic rings. The van der Waals surface area contributed by atoms with Crippen molar-refractivity contribution < 1.29 is 0 Å². The zero-order valence-electron chi connectivity index (χ0n) is 8.60. The number of alkyl halides is 1. The van der Waals surface area contributed by atoms with Gasteiger partial charge < -0.3 is 4.90 Å². The summed E-state index contributed by atoms with van der Waals surface area (Å²) in [5.41, 5.74) is 0. The third-order valence-corrected chi connectivity index (χ3v) is 3.57. The van der Waals surface area contributed by atoms with Gasteiger partial charge in [0, 0.05) is 0 Å². The second-order valence-electron chi connectivity index (χ2n) is 4.01. The Bertz CT molecular complexity index is 111. The Morgan fingerprint density at radius 2 is 1.54 bits per heavy atom. The zero-order chi connectivity index (χ0) is 9.36. The molecule has 0 atom stereocenters. The fraction of sp³-hybridized carbons (Fsp3) is 1.00. The highest BCUT2D eigenvalue weighted by Crippen LogP contribution is 2.10. The molecule has 1 aliphatic heterocycles. The summed E-state index contributed by atoms with van der Waals surface area (Å²) in [6, 6.07) is 0. The van der Waals surface area contributed by atoms with E-state index in [1.807, 2.05) is 0 Å². The van der Waals surface area contributed by atoms with Crippen LogP contribution >= 0.6 is 22.6 Å². The highest BCUT2D eigenvalue weighted by Gasteiger charge is 2.08. The fourth-order valence-electron chi connectivity index (χ4n) is 1.97. The van der Waals surface area contributed by atoms with Crippen LogP contribution in [0.25, 0.3) is 0 Å². The summed E-state index contributed by atoms with van der Waals surface area (Å²) in [5, 5.41) is 0. The van der Waals surface area contributed by atoms with Gasteiger partial charge in [-0.25, -0.2) is 0 Å². The van der Waals surface area contributed by atoms with Gasteiger partial charge in [-0.1, -0.05) is 41.9 Å². The molecule has 0 N–H and O–H groups in total. The first-order valence-corrected chi connectivity index (χ1v) is 7.24. The second kappa shape index (κ2) is 8.04. The molecule has 2 heteroatoms. The van der Waals surface area contributed by atoms with Gasteiger partial charge in [-0.2, -0.15) is 0 Å². The topological polar surface area (TPSA) is 3.24 Å². The molecule has 1 fully saturated rings. The molecule has 0 unspecified atom stereocenters. The molecule has 0 radical (unpaired) electrons. The van der Waals surface area contributed by atoms with E-state index in [0.29, 0.717) is 0 Å². The highest BCUT2D eigenvalue weighted by molar-refractivity contribution is 14.1. The monoisotopic (exact) mass is 295 g/mol. The normalized spacial score (nSPS) is 19.2. The van der Waals surface area contributed by atoms with Crippen molar-refractivity contribution in [2.75, 3.05) is 24.1 Å². The van der Waals surface area contributed by atoms with E-state index in [1.165, 1.54) is 69.0 Å². The third kappa shape index (κ3) is 5.89. The molecule has 0 aliphatic carbocycles. The number of rotatable bonds is 6. The minimum Gasteiger partial charge on any atom is -0.303 e. The van der Waals surface area contributed by atoms with E-state index in [-0.39, 0.29) is 0 Å². The summed E-state index contributed by atoms with van der Waals surface area (Å²) in [6.07, 6.45) is 10.1. The standard InChI is InChI=1S/C11H22IN/c12-8-4-1-2-5-9-13-10-6-3-7-11-13/h1-11H2. The molecular weight excluding hydrogens is 273 g/mol. The lowest BCUT2D eigenvalue weighted by atomic mass is 10.1. The molecule has 0 aromatic carbocycles. The van der Waals surface area contributed by atoms with Crippen LogP contribution < -0.4 is 0 Å². The number of likely N-dealkylation sites (tertiary alicyclic amines) is 1. The van der Waals surface area contributed by atoms with Gasteiger partial charge in [0.05, 0.1) is 0 Å². The number of unbranched alkanes of at least 4 members (excludes halogenated alkanes) is 3. The highest BCUT2D eigenvalue weighted by atomic mass is 127. The SMILES string of the molecule is ICCCCCCN1CCCCC1. The predicted molar refractivity (Wildman–Crippen MR) is 67.6 cm³/mol. The van der Waals surface area contributed by atoms with E-state index in [2.05, 4.69) is 27.5 Å².